The molecule has 0 spiro atoms. The van der Waals surface area contributed by atoms with E-state index < -0.39 is 0 Å². The number of aryl methyl sites for hydroxylation is 1. The highest BCUT2D eigenvalue weighted by atomic mass is 16.7. The Balaban J connectivity index is 1.70. The molecule has 4 nitrogen and oxygen atoms in total. The Morgan fingerprint density at radius 2 is 1.96 bits per heavy atom. The van der Waals surface area contributed by atoms with Crippen LogP contribution in [0.15, 0.2) is 60.8 Å². The maximum absolute atomic E-state index is 5.74. The Labute approximate surface area is 152 Å². The molecule has 2 aliphatic rings. The van der Waals surface area contributed by atoms with Crippen LogP contribution in [0.3, 0.4) is 0 Å². The molecule has 0 N–H and O–H groups in total. The van der Waals surface area contributed by atoms with Gasteiger partial charge in [0, 0.05) is 36.0 Å². The molecule has 0 amide bonds. The van der Waals surface area contributed by atoms with Crippen molar-refractivity contribution in [3.8, 4) is 11.5 Å². The lowest BCUT2D eigenvalue weighted by Gasteiger charge is -2.24. The molecule has 26 heavy (non-hydrogen) atoms. The van der Waals surface area contributed by atoms with Crippen molar-refractivity contribution in [3.05, 3.63) is 71.9 Å². The molecule has 0 bridgehead atoms. The van der Waals surface area contributed by atoms with Crippen LogP contribution < -0.4 is 9.47 Å². The molecule has 1 fully saturated rings. The molecule has 1 saturated heterocycles. The number of aromatic nitrogens is 1. The minimum atomic E-state index is 0.172. The Morgan fingerprint density at radius 1 is 1.12 bits per heavy atom. The number of hydrogen-bond donors (Lipinski definition) is 0. The first-order valence-electron chi connectivity index (χ1n) is 8.91. The van der Waals surface area contributed by atoms with Gasteiger partial charge in [0.25, 0.3) is 0 Å². The van der Waals surface area contributed by atoms with E-state index in [1.54, 1.807) is 0 Å². The van der Waals surface area contributed by atoms with Gasteiger partial charge >= 0.3 is 0 Å². The van der Waals surface area contributed by atoms with Crippen molar-refractivity contribution < 1.29 is 14.2 Å². The van der Waals surface area contributed by atoms with Crippen molar-refractivity contribution in [2.75, 3.05) is 20.0 Å². The molecular formula is C22H21NO3. The molecule has 3 heterocycles. The molecule has 4 heteroatoms. The summed E-state index contributed by atoms with van der Waals surface area (Å²) in [4.78, 5) is 0. The number of fused-ring (bicyclic) bond motifs is 2. The van der Waals surface area contributed by atoms with Crippen molar-refractivity contribution in [2.45, 2.75) is 5.92 Å². The summed E-state index contributed by atoms with van der Waals surface area (Å²) in [5.41, 5.74) is 4.90. The van der Waals surface area contributed by atoms with Gasteiger partial charge in [-0.2, -0.15) is 0 Å². The van der Waals surface area contributed by atoms with Gasteiger partial charge in [-0.25, -0.2) is 0 Å². The molecular weight excluding hydrogens is 326 g/mol. The molecule has 0 saturated carbocycles. The van der Waals surface area contributed by atoms with Crippen molar-refractivity contribution in [1.29, 1.82) is 0 Å². The minimum Gasteiger partial charge on any atom is -0.454 e. The molecule has 3 aromatic rings. The Kier molecular flexibility index (Phi) is 3.54. The second-order valence-electron chi connectivity index (χ2n) is 7.08. The van der Waals surface area contributed by atoms with E-state index in [-0.39, 0.29) is 18.6 Å². The van der Waals surface area contributed by atoms with Crippen molar-refractivity contribution in [1.82, 2.24) is 4.57 Å². The normalized spacial score (nSPS) is 20.0. The fourth-order valence-corrected chi connectivity index (χ4v) is 4.23. The van der Waals surface area contributed by atoms with E-state index in [1.165, 1.54) is 22.0 Å². The summed E-state index contributed by atoms with van der Waals surface area (Å²) in [6.07, 6.45) is 2.24. The van der Waals surface area contributed by atoms with Crippen LogP contribution in [-0.4, -0.2) is 24.6 Å². The fraction of sp³-hybridized carbons (Fsp3) is 0.273. The van der Waals surface area contributed by atoms with E-state index in [4.69, 9.17) is 14.2 Å². The van der Waals surface area contributed by atoms with Crippen LogP contribution in [-0.2, 0) is 11.8 Å². The molecule has 0 radical (unpaired) electrons. The largest absolute Gasteiger partial charge is 0.454 e. The highest BCUT2D eigenvalue weighted by molar-refractivity contribution is 5.85. The lowest BCUT2D eigenvalue weighted by molar-refractivity contribution is 0.174. The van der Waals surface area contributed by atoms with Gasteiger partial charge in [0.15, 0.2) is 11.5 Å². The van der Waals surface area contributed by atoms with Crippen LogP contribution in [0.25, 0.3) is 10.9 Å². The zero-order valence-corrected chi connectivity index (χ0v) is 14.8. The van der Waals surface area contributed by atoms with Gasteiger partial charge in [-0.05, 0) is 34.9 Å². The number of benzene rings is 2. The first-order chi connectivity index (χ1) is 12.7. The summed E-state index contributed by atoms with van der Waals surface area (Å²) in [7, 11) is 2.10. The monoisotopic (exact) mass is 347 g/mol. The van der Waals surface area contributed by atoms with Gasteiger partial charge in [0.2, 0.25) is 6.79 Å². The minimum absolute atomic E-state index is 0.172. The first kappa shape index (κ1) is 15.5. The lowest BCUT2D eigenvalue weighted by atomic mass is 9.78. The van der Waals surface area contributed by atoms with Gasteiger partial charge in [0.05, 0.1) is 13.2 Å². The van der Waals surface area contributed by atoms with Crippen LogP contribution in [0.1, 0.15) is 17.0 Å². The molecule has 0 aliphatic carbocycles. The van der Waals surface area contributed by atoms with Crippen molar-refractivity contribution in [2.24, 2.45) is 13.0 Å². The first-order valence-corrected chi connectivity index (χ1v) is 8.91. The van der Waals surface area contributed by atoms with Crippen LogP contribution in [0, 0.1) is 5.92 Å². The molecule has 2 atom stereocenters. The summed E-state index contributed by atoms with van der Waals surface area (Å²) >= 11 is 0. The second-order valence-corrected chi connectivity index (χ2v) is 7.08. The zero-order valence-electron chi connectivity index (χ0n) is 14.8. The third-order valence-electron chi connectivity index (χ3n) is 5.53. The molecule has 0 unspecified atom stereocenters. The van der Waals surface area contributed by atoms with Crippen LogP contribution >= 0.6 is 0 Å². The van der Waals surface area contributed by atoms with Crippen LogP contribution in [0.4, 0.5) is 0 Å². The van der Waals surface area contributed by atoms with E-state index in [1.807, 2.05) is 6.07 Å². The standard InChI is InChI=1S/C22H21NO3/c1-14-11-24-12-18(14)22(15-7-8-20-21(9-15)26-13-25-20)17-10-23(2)19-6-4-3-5-16(17)19/h3-10,18,22H,1,11-13H2,2H3/t18-,22+/m0/s1. The van der Waals surface area contributed by atoms with Crippen molar-refractivity contribution >= 4 is 10.9 Å². The highest BCUT2D eigenvalue weighted by Crippen LogP contribution is 2.44. The van der Waals surface area contributed by atoms with E-state index in [2.05, 4.69) is 60.8 Å². The Morgan fingerprint density at radius 3 is 2.81 bits per heavy atom. The van der Waals surface area contributed by atoms with E-state index in [9.17, 15) is 0 Å². The summed E-state index contributed by atoms with van der Waals surface area (Å²) in [5.74, 6) is 2.05. The third kappa shape index (κ3) is 2.33. The molecule has 2 aliphatic heterocycles. The molecule has 1 aromatic heterocycles. The van der Waals surface area contributed by atoms with Gasteiger partial charge in [-0.1, -0.05) is 30.8 Å². The molecule has 5 rings (SSSR count). The van der Waals surface area contributed by atoms with Gasteiger partial charge < -0.3 is 18.8 Å². The predicted octanol–water partition coefficient (Wildman–Crippen LogP) is 4.24. The predicted molar refractivity (Wildman–Crippen MR) is 101 cm³/mol. The lowest BCUT2D eigenvalue weighted by Crippen LogP contribution is -2.16. The average Bonchev–Trinajstić information content (AvgIpc) is 3.36. The summed E-state index contributed by atoms with van der Waals surface area (Å²) in [6.45, 7) is 5.90. The Hall–Kier alpha value is -2.72. The summed E-state index contributed by atoms with van der Waals surface area (Å²) in [5, 5.41) is 1.28. The van der Waals surface area contributed by atoms with E-state index in [0.29, 0.717) is 13.2 Å². The van der Waals surface area contributed by atoms with Gasteiger partial charge in [-0.3, -0.25) is 0 Å². The number of para-hydroxylation sites is 1. The topological polar surface area (TPSA) is 32.6 Å². The quantitative estimate of drug-likeness (QED) is 0.664. The summed E-state index contributed by atoms with van der Waals surface area (Å²) in [6, 6.07) is 14.8. The molecule has 2 aromatic carbocycles. The molecule has 132 valence electrons. The third-order valence-corrected chi connectivity index (χ3v) is 5.53. The SMILES string of the molecule is C=C1COC[C@@H]1[C@H](c1ccc2c(c1)OCO2)c1cn(C)c2ccccc12. The van der Waals surface area contributed by atoms with Gasteiger partial charge in [0.1, 0.15) is 0 Å². The Bertz CT molecular complexity index is 1000. The van der Waals surface area contributed by atoms with Crippen molar-refractivity contribution in [3.63, 3.8) is 0 Å². The highest BCUT2D eigenvalue weighted by Gasteiger charge is 2.34. The maximum Gasteiger partial charge on any atom is 0.231 e. The van der Waals surface area contributed by atoms with Crippen LogP contribution in [0.2, 0.25) is 0 Å². The number of nitrogens with zero attached hydrogens (tertiary/aromatic N) is 1. The maximum atomic E-state index is 5.74. The average molecular weight is 347 g/mol. The van der Waals surface area contributed by atoms with Gasteiger partial charge in [-0.15, -0.1) is 0 Å². The zero-order chi connectivity index (χ0) is 17.7. The number of hydrogen-bond acceptors (Lipinski definition) is 3. The van der Waals surface area contributed by atoms with E-state index in [0.717, 1.165) is 17.1 Å². The second kappa shape index (κ2) is 5.92. The fourth-order valence-electron chi connectivity index (χ4n) is 4.23. The smallest absolute Gasteiger partial charge is 0.231 e. The summed E-state index contributed by atoms with van der Waals surface area (Å²) < 4.78 is 19.1. The number of ether oxygens (including phenoxy) is 3. The van der Waals surface area contributed by atoms with Crippen LogP contribution in [0.5, 0.6) is 11.5 Å². The number of rotatable bonds is 3. The van der Waals surface area contributed by atoms with E-state index >= 15 is 0 Å².